The molecule has 192 valence electrons. The lowest BCUT2D eigenvalue weighted by Crippen LogP contribution is -2.18. The second-order valence-corrected chi connectivity index (χ2v) is 9.29. The molecule has 1 aromatic heterocycles. The Bertz CT molecular complexity index is 1500. The van der Waals surface area contributed by atoms with Crippen LogP contribution in [-0.4, -0.2) is 23.8 Å². The highest BCUT2D eigenvalue weighted by molar-refractivity contribution is 8.00. The van der Waals surface area contributed by atoms with E-state index in [1.54, 1.807) is 19.2 Å². The van der Waals surface area contributed by atoms with Crippen LogP contribution in [0.2, 0.25) is 0 Å². The third-order valence-electron chi connectivity index (χ3n) is 5.69. The molecule has 38 heavy (non-hydrogen) atoms. The summed E-state index contributed by atoms with van der Waals surface area (Å²) < 4.78 is 45.2. The number of aryl methyl sites for hydroxylation is 1. The van der Waals surface area contributed by atoms with E-state index in [9.17, 15) is 23.2 Å². The van der Waals surface area contributed by atoms with Gasteiger partial charge in [-0.25, -0.2) is 4.98 Å². The van der Waals surface area contributed by atoms with Gasteiger partial charge in [-0.1, -0.05) is 65.9 Å². The normalized spacial score (nSPS) is 11.1. The average Bonchev–Trinajstić information content (AvgIpc) is 2.91. The number of pyridine rings is 1. The molecule has 0 aliphatic rings. The van der Waals surface area contributed by atoms with Gasteiger partial charge in [-0.05, 0) is 42.8 Å². The first-order valence-electron chi connectivity index (χ1n) is 11.4. The molecule has 4 rings (SSSR count). The maximum atomic E-state index is 13.3. The molecule has 3 aromatic carbocycles. The molecule has 9 heteroatoms. The Morgan fingerprint density at radius 2 is 1.68 bits per heavy atom. The zero-order valence-electron chi connectivity index (χ0n) is 20.5. The molecule has 0 aliphatic carbocycles. The molecule has 4 aromatic rings. The predicted octanol–water partition coefficient (Wildman–Crippen LogP) is 7.35. The molecule has 1 N–H and O–H groups in total. The van der Waals surface area contributed by atoms with E-state index in [2.05, 4.69) is 16.4 Å². The number of aromatic nitrogens is 1. The number of alkyl halides is 3. The van der Waals surface area contributed by atoms with Crippen molar-refractivity contribution in [2.75, 3.05) is 18.2 Å². The van der Waals surface area contributed by atoms with E-state index in [4.69, 9.17) is 4.74 Å². The SMILES string of the molecule is COc1ccc(-c2cc(-c3ccc(C)cc3)nc(SCC(=O)Nc3ccccc3C(F)(F)F)c2C#N)cc1. The third-order valence-corrected chi connectivity index (χ3v) is 6.67. The van der Waals surface area contributed by atoms with Gasteiger partial charge >= 0.3 is 6.18 Å². The fraction of sp³-hybridized carbons (Fsp3) is 0.138. The lowest BCUT2D eigenvalue weighted by atomic mass is 9.99. The molecule has 1 heterocycles. The molecule has 0 aliphatic heterocycles. The first-order valence-corrected chi connectivity index (χ1v) is 12.4. The molecular weight excluding hydrogens is 511 g/mol. The Kier molecular flexibility index (Phi) is 8.03. The third kappa shape index (κ3) is 6.15. The van der Waals surface area contributed by atoms with Gasteiger partial charge < -0.3 is 10.1 Å². The first kappa shape index (κ1) is 26.8. The van der Waals surface area contributed by atoms with Crippen molar-refractivity contribution in [3.8, 4) is 34.2 Å². The zero-order chi connectivity index (χ0) is 27.3. The Labute approximate surface area is 222 Å². The van der Waals surface area contributed by atoms with Crippen LogP contribution in [0.4, 0.5) is 18.9 Å². The molecule has 1 amide bonds. The van der Waals surface area contributed by atoms with Crippen LogP contribution in [0.15, 0.2) is 83.9 Å². The summed E-state index contributed by atoms with van der Waals surface area (Å²) in [4.78, 5) is 17.3. The Balaban J connectivity index is 1.69. The summed E-state index contributed by atoms with van der Waals surface area (Å²) in [5, 5.41) is 12.7. The van der Waals surface area contributed by atoms with Crippen LogP contribution in [-0.2, 0) is 11.0 Å². The number of rotatable bonds is 7. The second-order valence-electron chi connectivity index (χ2n) is 8.32. The summed E-state index contributed by atoms with van der Waals surface area (Å²) in [7, 11) is 1.56. The van der Waals surface area contributed by atoms with E-state index in [1.165, 1.54) is 18.2 Å². The minimum absolute atomic E-state index is 0.243. The quantitative estimate of drug-likeness (QED) is 0.251. The van der Waals surface area contributed by atoms with Gasteiger partial charge in [0.2, 0.25) is 5.91 Å². The van der Waals surface area contributed by atoms with Gasteiger partial charge in [0.05, 0.1) is 35.4 Å². The van der Waals surface area contributed by atoms with Crippen molar-refractivity contribution in [3.05, 3.63) is 95.6 Å². The van der Waals surface area contributed by atoms with Crippen LogP contribution in [0, 0.1) is 18.3 Å². The lowest BCUT2D eigenvalue weighted by Gasteiger charge is -2.15. The van der Waals surface area contributed by atoms with Crippen LogP contribution in [0.25, 0.3) is 22.4 Å². The van der Waals surface area contributed by atoms with E-state index in [0.717, 1.165) is 34.5 Å². The van der Waals surface area contributed by atoms with E-state index in [1.807, 2.05) is 49.4 Å². The Morgan fingerprint density at radius 1 is 1.03 bits per heavy atom. The number of ether oxygens (including phenoxy) is 1. The maximum absolute atomic E-state index is 13.3. The molecule has 5 nitrogen and oxygen atoms in total. The van der Waals surface area contributed by atoms with E-state index in [0.29, 0.717) is 22.0 Å². The fourth-order valence-corrected chi connectivity index (χ4v) is 4.57. The molecule has 0 bridgehead atoms. The van der Waals surface area contributed by atoms with Gasteiger partial charge in [0.15, 0.2) is 0 Å². The number of amides is 1. The molecule has 0 saturated carbocycles. The monoisotopic (exact) mass is 533 g/mol. The van der Waals surface area contributed by atoms with Crippen molar-refractivity contribution >= 4 is 23.4 Å². The molecule has 0 atom stereocenters. The van der Waals surface area contributed by atoms with Crippen molar-refractivity contribution in [3.63, 3.8) is 0 Å². The lowest BCUT2D eigenvalue weighted by molar-refractivity contribution is -0.137. The zero-order valence-corrected chi connectivity index (χ0v) is 21.3. The topological polar surface area (TPSA) is 75.0 Å². The van der Waals surface area contributed by atoms with Gasteiger partial charge in [0.1, 0.15) is 16.8 Å². The van der Waals surface area contributed by atoms with Crippen molar-refractivity contribution < 1.29 is 22.7 Å². The fourth-order valence-electron chi connectivity index (χ4n) is 3.76. The average molecular weight is 534 g/mol. The molecule has 0 saturated heterocycles. The number of nitrogens with one attached hydrogen (secondary N) is 1. The van der Waals surface area contributed by atoms with Crippen molar-refractivity contribution in [2.24, 2.45) is 0 Å². The summed E-state index contributed by atoms with van der Waals surface area (Å²) in [6.07, 6.45) is -4.61. The van der Waals surface area contributed by atoms with E-state index in [-0.39, 0.29) is 17.0 Å². The minimum Gasteiger partial charge on any atom is -0.497 e. The molecule has 0 unspecified atom stereocenters. The van der Waals surface area contributed by atoms with Gasteiger partial charge in [-0.3, -0.25) is 4.79 Å². The summed E-state index contributed by atoms with van der Waals surface area (Å²) in [5.74, 6) is -0.234. The van der Waals surface area contributed by atoms with Crippen LogP contribution in [0.5, 0.6) is 5.75 Å². The number of nitriles is 1. The van der Waals surface area contributed by atoms with Crippen LogP contribution < -0.4 is 10.1 Å². The number of thioether (sulfide) groups is 1. The largest absolute Gasteiger partial charge is 0.497 e. The van der Waals surface area contributed by atoms with Crippen LogP contribution in [0.1, 0.15) is 16.7 Å². The highest BCUT2D eigenvalue weighted by Crippen LogP contribution is 2.36. The first-order chi connectivity index (χ1) is 18.2. The number of benzene rings is 3. The standard InChI is InChI=1S/C29H22F3N3O2S/c1-18-7-9-20(10-8-18)26-15-22(19-11-13-21(37-2)14-12-19)23(16-33)28(35-26)38-17-27(36)34-25-6-4-3-5-24(25)29(30,31)32/h3-15H,17H2,1-2H3,(H,34,36). The number of nitrogens with zero attached hydrogens (tertiary/aromatic N) is 2. The number of hydrogen-bond acceptors (Lipinski definition) is 5. The summed E-state index contributed by atoms with van der Waals surface area (Å²) in [5.41, 5.74) is 2.86. The number of methoxy groups -OCH3 is 1. The van der Waals surface area contributed by atoms with Crippen molar-refractivity contribution in [1.82, 2.24) is 4.98 Å². The second kappa shape index (κ2) is 11.4. The molecule has 0 radical (unpaired) electrons. The molecular formula is C29H22F3N3O2S. The highest BCUT2D eigenvalue weighted by Gasteiger charge is 2.33. The minimum atomic E-state index is -4.61. The number of anilines is 1. The summed E-state index contributed by atoms with van der Waals surface area (Å²) in [6, 6.07) is 23.7. The van der Waals surface area contributed by atoms with E-state index >= 15 is 0 Å². The van der Waals surface area contributed by atoms with E-state index < -0.39 is 17.6 Å². The van der Waals surface area contributed by atoms with Crippen molar-refractivity contribution in [2.45, 2.75) is 18.1 Å². The van der Waals surface area contributed by atoms with Crippen LogP contribution in [0.3, 0.4) is 0 Å². The van der Waals surface area contributed by atoms with Gasteiger partial charge in [-0.15, -0.1) is 0 Å². The van der Waals surface area contributed by atoms with Gasteiger partial charge in [0, 0.05) is 11.1 Å². The van der Waals surface area contributed by atoms with Crippen molar-refractivity contribution in [1.29, 1.82) is 5.26 Å². The number of hydrogen-bond donors (Lipinski definition) is 1. The Morgan fingerprint density at radius 3 is 2.32 bits per heavy atom. The number of carbonyl (C=O) groups excluding carboxylic acids is 1. The molecule has 0 fully saturated rings. The molecule has 0 spiro atoms. The number of carbonyl (C=O) groups is 1. The van der Waals surface area contributed by atoms with Gasteiger partial charge in [-0.2, -0.15) is 18.4 Å². The smallest absolute Gasteiger partial charge is 0.418 e. The number of halogens is 3. The highest BCUT2D eigenvalue weighted by atomic mass is 32.2. The summed E-state index contributed by atoms with van der Waals surface area (Å²) in [6.45, 7) is 1.97. The number of para-hydroxylation sites is 1. The van der Waals surface area contributed by atoms with Gasteiger partial charge in [0.25, 0.3) is 0 Å². The predicted molar refractivity (Wildman–Crippen MR) is 142 cm³/mol. The Hall–Kier alpha value is -4.29. The summed E-state index contributed by atoms with van der Waals surface area (Å²) >= 11 is 0.989. The van der Waals surface area contributed by atoms with Crippen LogP contribution >= 0.6 is 11.8 Å². The maximum Gasteiger partial charge on any atom is 0.418 e.